The van der Waals surface area contributed by atoms with Gasteiger partial charge in [0.2, 0.25) is 10.0 Å². The molecule has 10 heteroatoms. The van der Waals surface area contributed by atoms with E-state index in [2.05, 4.69) is 15.0 Å². The molecule has 0 spiro atoms. The fourth-order valence-corrected chi connectivity index (χ4v) is 3.61. The highest BCUT2D eigenvalue weighted by atomic mass is 32.2. The van der Waals surface area contributed by atoms with Gasteiger partial charge in [0, 0.05) is 18.4 Å². The zero-order valence-electron chi connectivity index (χ0n) is 16.0. The number of hydrogen-bond acceptors (Lipinski definition) is 5. The Kier molecular flexibility index (Phi) is 7.04. The molecule has 1 heterocycles. The number of aromatic carboxylic acids is 1. The molecule has 0 saturated carbocycles. The van der Waals surface area contributed by atoms with Gasteiger partial charge >= 0.3 is 5.97 Å². The van der Waals surface area contributed by atoms with Gasteiger partial charge < -0.3 is 10.4 Å². The number of halogens is 1. The van der Waals surface area contributed by atoms with Gasteiger partial charge in [0.05, 0.1) is 11.3 Å². The molecule has 0 saturated heterocycles. The van der Waals surface area contributed by atoms with Gasteiger partial charge in [-0.15, -0.1) is 0 Å². The average molecular weight is 423 g/mol. The molecule has 0 fully saturated rings. The molecule has 2 aromatic rings. The van der Waals surface area contributed by atoms with Gasteiger partial charge in [0.1, 0.15) is 11.4 Å². The monoisotopic (exact) mass is 423 g/mol. The van der Waals surface area contributed by atoms with Gasteiger partial charge in [-0.25, -0.2) is 22.3 Å². The highest BCUT2D eigenvalue weighted by molar-refractivity contribution is 7.89. The lowest BCUT2D eigenvalue weighted by Gasteiger charge is -2.21. The average Bonchev–Trinajstić information content (AvgIpc) is 2.67. The fourth-order valence-electron chi connectivity index (χ4n) is 2.44. The first-order chi connectivity index (χ1) is 13.5. The summed E-state index contributed by atoms with van der Waals surface area (Å²) in [6.45, 7) is 2.58. The zero-order valence-corrected chi connectivity index (χ0v) is 16.8. The van der Waals surface area contributed by atoms with E-state index in [1.807, 2.05) is 0 Å². The van der Waals surface area contributed by atoms with Gasteiger partial charge in [0.15, 0.2) is 0 Å². The molecule has 156 valence electrons. The molecule has 0 radical (unpaired) electrons. The standard InChI is InChI=1S/C19H22FN3O5S/c1-3-10-29(27,28)22-12-19(2,20)14-5-7-15(8-6-14)23-17(24)16-9-4-13(11-21-16)18(25)26/h4-9,11,22H,3,10,12H2,1-2H3,(H,23,24)(H,25,26). The van der Waals surface area contributed by atoms with Crippen molar-refractivity contribution < 1.29 is 27.5 Å². The third kappa shape index (κ3) is 6.33. The molecule has 1 amide bonds. The number of pyridine rings is 1. The molecule has 29 heavy (non-hydrogen) atoms. The molecule has 3 N–H and O–H groups in total. The summed E-state index contributed by atoms with van der Waals surface area (Å²) in [5.74, 6) is -1.77. The van der Waals surface area contributed by atoms with Crippen LogP contribution in [0.1, 0.15) is 46.7 Å². The Morgan fingerprint density at radius 1 is 1.17 bits per heavy atom. The second kappa shape index (κ2) is 9.10. The van der Waals surface area contributed by atoms with Crippen LogP contribution in [0.5, 0.6) is 0 Å². The summed E-state index contributed by atoms with van der Waals surface area (Å²) in [6, 6.07) is 8.42. The number of aromatic nitrogens is 1. The number of nitrogens with one attached hydrogen (secondary N) is 2. The Bertz CT molecular complexity index is 974. The van der Waals surface area contributed by atoms with E-state index in [0.29, 0.717) is 12.1 Å². The van der Waals surface area contributed by atoms with Crippen LogP contribution in [-0.2, 0) is 15.7 Å². The molecular formula is C19H22FN3O5S. The van der Waals surface area contributed by atoms with E-state index in [1.54, 1.807) is 6.92 Å². The third-order valence-corrected chi connectivity index (χ3v) is 5.61. The number of carbonyl (C=O) groups excluding carboxylic acids is 1. The molecule has 0 aliphatic heterocycles. The highest BCUT2D eigenvalue weighted by Gasteiger charge is 2.27. The van der Waals surface area contributed by atoms with Gasteiger partial charge in [-0.2, -0.15) is 0 Å². The number of carboxylic acids is 1. The number of rotatable bonds is 9. The van der Waals surface area contributed by atoms with Crippen molar-refractivity contribution in [3.63, 3.8) is 0 Å². The Balaban J connectivity index is 2.03. The molecular weight excluding hydrogens is 401 g/mol. The number of amides is 1. The fraction of sp³-hybridized carbons (Fsp3) is 0.316. The smallest absolute Gasteiger partial charge is 0.337 e. The predicted octanol–water partition coefficient (Wildman–Crippen LogP) is 2.55. The van der Waals surface area contributed by atoms with Gasteiger partial charge in [-0.05, 0) is 43.2 Å². The van der Waals surface area contributed by atoms with Crippen molar-refractivity contribution in [2.75, 3.05) is 17.6 Å². The van der Waals surface area contributed by atoms with E-state index in [4.69, 9.17) is 5.11 Å². The van der Waals surface area contributed by atoms with E-state index in [9.17, 15) is 22.4 Å². The topological polar surface area (TPSA) is 125 Å². The first-order valence-electron chi connectivity index (χ1n) is 8.81. The SMILES string of the molecule is CCCS(=O)(=O)NCC(C)(F)c1ccc(NC(=O)c2ccc(C(=O)O)cn2)cc1. The van der Waals surface area contributed by atoms with Crippen molar-refractivity contribution in [3.05, 3.63) is 59.4 Å². The second-order valence-electron chi connectivity index (χ2n) is 6.61. The number of benzene rings is 1. The van der Waals surface area contributed by atoms with Crippen LogP contribution in [0, 0.1) is 0 Å². The first-order valence-corrected chi connectivity index (χ1v) is 10.5. The van der Waals surface area contributed by atoms with Gasteiger partial charge in [-0.3, -0.25) is 9.78 Å². The number of carboxylic acid groups (broad SMARTS) is 1. The molecule has 0 bridgehead atoms. The Labute approximate surface area is 168 Å². The van der Waals surface area contributed by atoms with Crippen LogP contribution in [0.25, 0.3) is 0 Å². The summed E-state index contributed by atoms with van der Waals surface area (Å²) in [4.78, 5) is 26.8. The van der Waals surface area contributed by atoms with Crippen molar-refractivity contribution in [3.8, 4) is 0 Å². The summed E-state index contributed by atoms with van der Waals surface area (Å²) >= 11 is 0. The van der Waals surface area contributed by atoms with E-state index in [1.165, 1.54) is 43.3 Å². The normalized spacial score (nSPS) is 13.5. The minimum Gasteiger partial charge on any atom is -0.478 e. The molecule has 8 nitrogen and oxygen atoms in total. The first kappa shape index (κ1) is 22.4. The number of sulfonamides is 1. The van der Waals surface area contributed by atoms with E-state index < -0.39 is 34.1 Å². The van der Waals surface area contributed by atoms with Crippen molar-refractivity contribution in [2.24, 2.45) is 0 Å². The van der Waals surface area contributed by atoms with Gasteiger partial charge in [0.25, 0.3) is 5.91 Å². The number of carbonyl (C=O) groups is 2. The maximum absolute atomic E-state index is 14.9. The maximum Gasteiger partial charge on any atom is 0.337 e. The number of anilines is 1. The van der Waals surface area contributed by atoms with Crippen molar-refractivity contribution >= 4 is 27.6 Å². The van der Waals surface area contributed by atoms with Crippen molar-refractivity contribution in [2.45, 2.75) is 25.9 Å². The van der Waals surface area contributed by atoms with Crippen molar-refractivity contribution in [1.82, 2.24) is 9.71 Å². The number of alkyl halides is 1. The lowest BCUT2D eigenvalue weighted by Crippen LogP contribution is -2.36. The van der Waals surface area contributed by atoms with Crippen LogP contribution in [-0.4, -0.2) is 42.7 Å². The third-order valence-electron chi connectivity index (χ3n) is 4.08. The Morgan fingerprint density at radius 2 is 1.83 bits per heavy atom. The van der Waals surface area contributed by atoms with E-state index in [0.717, 1.165) is 6.20 Å². The predicted molar refractivity (Wildman–Crippen MR) is 106 cm³/mol. The second-order valence-corrected chi connectivity index (χ2v) is 8.53. The van der Waals surface area contributed by atoms with Crippen LogP contribution < -0.4 is 10.0 Å². The lowest BCUT2D eigenvalue weighted by molar-refractivity contribution is 0.0695. The molecule has 1 atom stereocenters. The Morgan fingerprint density at radius 3 is 2.34 bits per heavy atom. The minimum absolute atomic E-state index is 0.0275. The van der Waals surface area contributed by atoms with Crippen LogP contribution in [0.2, 0.25) is 0 Å². The van der Waals surface area contributed by atoms with Crippen LogP contribution in [0.3, 0.4) is 0 Å². The van der Waals surface area contributed by atoms with Crippen LogP contribution in [0.15, 0.2) is 42.6 Å². The summed E-state index contributed by atoms with van der Waals surface area (Å²) in [5, 5.41) is 11.4. The van der Waals surface area contributed by atoms with Gasteiger partial charge in [-0.1, -0.05) is 19.1 Å². The molecule has 1 aromatic heterocycles. The highest BCUT2D eigenvalue weighted by Crippen LogP contribution is 2.26. The molecule has 0 aliphatic carbocycles. The molecule has 2 rings (SSSR count). The summed E-state index contributed by atoms with van der Waals surface area (Å²) < 4.78 is 40.6. The minimum atomic E-state index is -3.53. The Hall–Kier alpha value is -2.85. The quantitative estimate of drug-likeness (QED) is 0.569. The number of nitrogens with zero attached hydrogens (tertiary/aromatic N) is 1. The summed E-state index contributed by atoms with van der Waals surface area (Å²) in [6.07, 6.45) is 1.51. The van der Waals surface area contributed by atoms with Crippen LogP contribution in [0.4, 0.5) is 10.1 Å². The zero-order chi connectivity index (χ0) is 21.7. The summed E-state index contributed by atoms with van der Waals surface area (Å²) in [7, 11) is -3.53. The maximum atomic E-state index is 14.9. The molecule has 0 aliphatic rings. The van der Waals surface area contributed by atoms with Crippen molar-refractivity contribution in [1.29, 1.82) is 0 Å². The lowest BCUT2D eigenvalue weighted by atomic mass is 9.98. The largest absolute Gasteiger partial charge is 0.478 e. The number of hydrogen-bond donors (Lipinski definition) is 3. The van der Waals surface area contributed by atoms with E-state index >= 15 is 0 Å². The molecule has 1 unspecified atom stereocenters. The van der Waals surface area contributed by atoms with Crippen LogP contribution >= 0.6 is 0 Å². The van der Waals surface area contributed by atoms with E-state index in [-0.39, 0.29) is 22.6 Å². The molecule has 1 aromatic carbocycles. The summed E-state index contributed by atoms with van der Waals surface area (Å²) in [5.41, 5.74) is -1.32.